The van der Waals surface area contributed by atoms with E-state index in [0.29, 0.717) is 5.75 Å². The summed E-state index contributed by atoms with van der Waals surface area (Å²) in [6.07, 6.45) is 7.93. The Labute approximate surface area is 165 Å². The topological polar surface area (TPSA) is 80.5 Å². The molecule has 3 atom stereocenters. The maximum Gasteiger partial charge on any atom is 0.246 e. The maximum atomic E-state index is 12.7. The van der Waals surface area contributed by atoms with Gasteiger partial charge in [-0.1, -0.05) is 0 Å². The van der Waals surface area contributed by atoms with Crippen molar-refractivity contribution in [3.05, 3.63) is 47.6 Å². The minimum atomic E-state index is -0.752. The lowest BCUT2D eigenvalue weighted by molar-refractivity contribution is -0.132. The summed E-state index contributed by atoms with van der Waals surface area (Å²) in [5, 5.41) is 15.2. The van der Waals surface area contributed by atoms with E-state index in [1.165, 1.54) is 0 Å². The van der Waals surface area contributed by atoms with E-state index in [-0.39, 0.29) is 18.1 Å². The van der Waals surface area contributed by atoms with E-state index in [2.05, 4.69) is 10.1 Å². The van der Waals surface area contributed by atoms with Gasteiger partial charge in [0, 0.05) is 37.6 Å². The minimum Gasteiger partial charge on any atom is -0.486 e. The normalized spacial score (nSPS) is 22.4. The number of aromatic nitrogens is 3. The summed E-state index contributed by atoms with van der Waals surface area (Å²) in [5.41, 5.74) is 2.84. The number of hydrogen-bond donors (Lipinski definition) is 1. The van der Waals surface area contributed by atoms with E-state index in [1.807, 2.05) is 27.0 Å². The third-order valence-electron chi connectivity index (χ3n) is 5.49. The molecule has 2 aromatic rings. The number of ether oxygens (including phenoxy) is 1. The number of aliphatic hydroxyl groups excluding tert-OH is 1. The highest BCUT2D eigenvalue weighted by Crippen LogP contribution is 2.27. The van der Waals surface area contributed by atoms with Gasteiger partial charge in [0.05, 0.1) is 17.9 Å². The van der Waals surface area contributed by atoms with Crippen LogP contribution in [-0.2, 0) is 11.8 Å². The highest BCUT2D eigenvalue weighted by molar-refractivity contribution is 5.92. The van der Waals surface area contributed by atoms with E-state index in [4.69, 9.17) is 4.74 Å². The van der Waals surface area contributed by atoms with E-state index in [0.717, 1.165) is 36.2 Å². The average Bonchev–Trinajstić information content (AvgIpc) is 2.93. The van der Waals surface area contributed by atoms with Crippen LogP contribution in [0.2, 0.25) is 0 Å². The summed E-state index contributed by atoms with van der Waals surface area (Å²) in [4.78, 5) is 18.4. The molecule has 1 amide bonds. The van der Waals surface area contributed by atoms with Crippen LogP contribution in [0.4, 0.5) is 0 Å². The highest BCUT2D eigenvalue weighted by Gasteiger charge is 2.37. The first-order valence-corrected chi connectivity index (χ1v) is 9.58. The van der Waals surface area contributed by atoms with Crippen LogP contribution in [0.25, 0.3) is 6.08 Å². The fourth-order valence-corrected chi connectivity index (χ4v) is 3.73. The van der Waals surface area contributed by atoms with Gasteiger partial charge in [0.1, 0.15) is 18.0 Å². The molecular weight excluding hydrogens is 356 g/mol. The van der Waals surface area contributed by atoms with Gasteiger partial charge in [-0.15, -0.1) is 0 Å². The molecule has 28 heavy (non-hydrogen) atoms. The Kier molecular flexibility index (Phi) is 6.14. The van der Waals surface area contributed by atoms with E-state index in [1.54, 1.807) is 47.2 Å². The summed E-state index contributed by atoms with van der Waals surface area (Å²) in [5.74, 6) is 0.484. The third-order valence-corrected chi connectivity index (χ3v) is 5.49. The largest absolute Gasteiger partial charge is 0.486 e. The van der Waals surface area contributed by atoms with Gasteiger partial charge in [-0.25, -0.2) is 0 Å². The molecule has 2 aromatic heterocycles. The Bertz CT molecular complexity index is 847. The Balaban J connectivity index is 1.67. The zero-order valence-electron chi connectivity index (χ0n) is 16.9. The lowest BCUT2D eigenvalue weighted by Crippen LogP contribution is -2.53. The minimum absolute atomic E-state index is 0.145. The van der Waals surface area contributed by atoms with Gasteiger partial charge < -0.3 is 14.7 Å². The van der Waals surface area contributed by atoms with Crippen molar-refractivity contribution in [2.75, 3.05) is 7.05 Å². The van der Waals surface area contributed by atoms with Crippen molar-refractivity contribution in [1.29, 1.82) is 0 Å². The molecular formula is C21H28N4O3. The Morgan fingerprint density at radius 2 is 2.18 bits per heavy atom. The fourth-order valence-electron chi connectivity index (χ4n) is 3.73. The van der Waals surface area contributed by atoms with Crippen molar-refractivity contribution >= 4 is 12.0 Å². The first-order valence-electron chi connectivity index (χ1n) is 9.58. The monoisotopic (exact) mass is 384 g/mol. The molecule has 7 nitrogen and oxygen atoms in total. The Morgan fingerprint density at radius 1 is 1.39 bits per heavy atom. The number of aryl methyl sites for hydroxylation is 2. The fraction of sp³-hybridized carbons (Fsp3) is 0.476. The second-order valence-electron chi connectivity index (χ2n) is 7.32. The van der Waals surface area contributed by atoms with Crippen LogP contribution in [-0.4, -0.2) is 56.0 Å². The number of nitrogens with zero attached hydrogens (tertiary/aromatic N) is 4. The standard InChI is InChI=1S/C21H28N4O3/c1-14-17(15(2)25(4)23-14)10-11-20(26)24(3)18-8-5-9-19(21(18)27)28-16-7-6-12-22-13-16/h6-7,10-13,18-19,21,27H,5,8-9H2,1-4H3/b11-10+/t18-,19-,21-/m1/s1. The van der Waals surface area contributed by atoms with Gasteiger partial charge in [0.15, 0.2) is 0 Å². The lowest BCUT2D eigenvalue weighted by Gasteiger charge is -2.39. The summed E-state index contributed by atoms with van der Waals surface area (Å²) >= 11 is 0. The second-order valence-corrected chi connectivity index (χ2v) is 7.32. The summed E-state index contributed by atoms with van der Waals surface area (Å²) in [7, 11) is 3.62. The van der Waals surface area contributed by atoms with Gasteiger partial charge in [0.2, 0.25) is 5.91 Å². The number of pyridine rings is 1. The predicted octanol–water partition coefficient (Wildman–Crippen LogP) is 2.26. The molecule has 1 fully saturated rings. The number of rotatable bonds is 5. The molecule has 1 aliphatic carbocycles. The van der Waals surface area contributed by atoms with E-state index in [9.17, 15) is 9.90 Å². The molecule has 0 spiro atoms. The third kappa shape index (κ3) is 4.25. The molecule has 0 bridgehead atoms. The summed E-state index contributed by atoms with van der Waals surface area (Å²) in [6, 6.07) is 3.33. The van der Waals surface area contributed by atoms with Crippen LogP contribution in [0.1, 0.15) is 36.2 Å². The van der Waals surface area contributed by atoms with Crippen molar-refractivity contribution in [3.8, 4) is 5.75 Å². The van der Waals surface area contributed by atoms with Crippen LogP contribution < -0.4 is 4.74 Å². The van der Waals surface area contributed by atoms with Crippen LogP contribution >= 0.6 is 0 Å². The SMILES string of the molecule is Cc1nn(C)c(C)c1/C=C/C(=O)N(C)[C@@H]1CCC[C@@H](Oc2cccnc2)[C@@H]1O. The molecule has 0 saturated heterocycles. The Hall–Kier alpha value is -2.67. The van der Waals surface area contributed by atoms with Crippen molar-refractivity contribution in [1.82, 2.24) is 19.7 Å². The number of aliphatic hydroxyl groups is 1. The van der Waals surface area contributed by atoms with Gasteiger partial charge in [0.25, 0.3) is 0 Å². The maximum absolute atomic E-state index is 12.7. The van der Waals surface area contributed by atoms with Crippen molar-refractivity contribution in [3.63, 3.8) is 0 Å². The number of carbonyl (C=O) groups excluding carboxylic acids is 1. The van der Waals surface area contributed by atoms with Crippen LogP contribution in [0.15, 0.2) is 30.6 Å². The van der Waals surface area contributed by atoms with Crippen LogP contribution in [0.5, 0.6) is 5.75 Å². The quantitative estimate of drug-likeness (QED) is 0.800. The number of hydrogen-bond acceptors (Lipinski definition) is 5. The molecule has 7 heteroatoms. The molecule has 1 aliphatic rings. The Morgan fingerprint density at radius 3 is 2.82 bits per heavy atom. The molecule has 0 aliphatic heterocycles. The zero-order valence-corrected chi connectivity index (χ0v) is 16.9. The molecule has 0 aromatic carbocycles. The summed E-state index contributed by atoms with van der Waals surface area (Å²) in [6.45, 7) is 3.89. The van der Waals surface area contributed by atoms with Gasteiger partial charge >= 0.3 is 0 Å². The molecule has 0 unspecified atom stereocenters. The van der Waals surface area contributed by atoms with Crippen LogP contribution in [0, 0.1) is 13.8 Å². The predicted molar refractivity (Wildman–Crippen MR) is 107 cm³/mol. The van der Waals surface area contributed by atoms with E-state index < -0.39 is 6.10 Å². The van der Waals surface area contributed by atoms with Crippen molar-refractivity contribution in [2.24, 2.45) is 7.05 Å². The van der Waals surface area contributed by atoms with Crippen molar-refractivity contribution in [2.45, 2.75) is 51.4 Å². The van der Waals surface area contributed by atoms with Gasteiger partial charge in [-0.2, -0.15) is 5.10 Å². The smallest absolute Gasteiger partial charge is 0.246 e. The molecule has 2 heterocycles. The molecule has 150 valence electrons. The van der Waals surface area contributed by atoms with Crippen LogP contribution in [0.3, 0.4) is 0 Å². The zero-order chi connectivity index (χ0) is 20.3. The molecule has 1 saturated carbocycles. The van der Waals surface area contributed by atoms with Crippen molar-refractivity contribution < 1.29 is 14.6 Å². The lowest BCUT2D eigenvalue weighted by atomic mass is 9.89. The number of likely N-dealkylation sites (N-methyl/N-ethyl adjacent to an activating group) is 1. The van der Waals surface area contributed by atoms with Gasteiger partial charge in [-0.3, -0.25) is 14.5 Å². The first-order chi connectivity index (χ1) is 13.4. The average molecular weight is 384 g/mol. The first kappa shape index (κ1) is 20.1. The van der Waals surface area contributed by atoms with E-state index >= 15 is 0 Å². The highest BCUT2D eigenvalue weighted by atomic mass is 16.5. The molecule has 3 rings (SSSR count). The second kappa shape index (κ2) is 8.56. The molecule has 1 N–H and O–H groups in total. The number of amides is 1. The molecule has 0 radical (unpaired) electrons. The van der Waals surface area contributed by atoms with Gasteiger partial charge in [-0.05, 0) is 51.3 Å². The number of carbonyl (C=O) groups is 1. The summed E-state index contributed by atoms with van der Waals surface area (Å²) < 4.78 is 7.71.